The van der Waals surface area contributed by atoms with E-state index < -0.39 is 16.7 Å². The van der Waals surface area contributed by atoms with Crippen LogP contribution >= 0.6 is 22.9 Å². The number of fused-ring (bicyclic) bond motifs is 1. The third-order valence-electron chi connectivity index (χ3n) is 4.90. The molecule has 1 atom stereocenters. The Balaban J connectivity index is 0.000000431. The van der Waals surface area contributed by atoms with Crippen molar-refractivity contribution in [2.75, 3.05) is 0 Å². The lowest BCUT2D eigenvalue weighted by Gasteiger charge is -2.19. The summed E-state index contributed by atoms with van der Waals surface area (Å²) in [5.74, 6) is -1.88. The van der Waals surface area contributed by atoms with Crippen LogP contribution in [0.3, 0.4) is 0 Å². The van der Waals surface area contributed by atoms with Crippen molar-refractivity contribution < 1.29 is 13.6 Å². The van der Waals surface area contributed by atoms with Crippen LogP contribution in [0.1, 0.15) is 56.6 Å². The molecule has 1 aliphatic carbocycles. The fraction of sp³-hybridized carbons (Fsp3) is 0.450. The van der Waals surface area contributed by atoms with E-state index in [4.69, 9.17) is 11.6 Å². The summed E-state index contributed by atoms with van der Waals surface area (Å²) in [6, 6.07) is 2.71. The van der Waals surface area contributed by atoms with Gasteiger partial charge in [0.1, 0.15) is 10.8 Å². The quantitative estimate of drug-likeness (QED) is 0.448. The third kappa shape index (κ3) is 4.63. The number of benzene rings is 1. The van der Waals surface area contributed by atoms with Crippen LogP contribution in [0, 0.1) is 17.0 Å². The molecular weight excluding hydrogens is 376 g/mol. The molecule has 142 valence electrons. The SMILES string of the molecule is C=C(C)CC.CC(NC(=O)c1cc2cc(F)c(Cl)c(F)c2s1)C1(C)CC1. The van der Waals surface area contributed by atoms with Crippen LogP contribution in [0.25, 0.3) is 10.1 Å². The van der Waals surface area contributed by atoms with Crippen LogP contribution in [0.2, 0.25) is 5.02 Å². The highest BCUT2D eigenvalue weighted by atomic mass is 35.5. The molecule has 1 N–H and O–H groups in total. The number of allylic oxidation sites excluding steroid dienone is 1. The molecule has 3 rings (SSSR count). The maximum Gasteiger partial charge on any atom is 0.261 e. The fourth-order valence-electron chi connectivity index (χ4n) is 2.27. The Morgan fingerprint density at radius 3 is 2.50 bits per heavy atom. The summed E-state index contributed by atoms with van der Waals surface area (Å²) in [4.78, 5) is 12.6. The van der Waals surface area contributed by atoms with Crippen LogP contribution in [0.4, 0.5) is 8.78 Å². The Kier molecular flexibility index (Phi) is 6.46. The summed E-state index contributed by atoms with van der Waals surface area (Å²) < 4.78 is 27.5. The summed E-state index contributed by atoms with van der Waals surface area (Å²) >= 11 is 6.54. The highest BCUT2D eigenvalue weighted by Gasteiger charge is 2.43. The normalized spacial score (nSPS) is 15.8. The second-order valence-electron chi connectivity index (χ2n) is 7.18. The average Bonchev–Trinajstić information content (AvgIpc) is 3.20. The van der Waals surface area contributed by atoms with Gasteiger partial charge in [-0.3, -0.25) is 4.79 Å². The molecule has 1 unspecified atom stereocenters. The number of rotatable bonds is 4. The number of carbonyl (C=O) groups is 1. The first kappa shape index (κ1) is 20.8. The third-order valence-corrected chi connectivity index (χ3v) is 6.39. The molecule has 0 bridgehead atoms. The predicted octanol–water partition coefficient (Wildman–Crippen LogP) is 6.72. The Labute approximate surface area is 162 Å². The summed E-state index contributed by atoms with van der Waals surface area (Å²) in [7, 11) is 0. The lowest BCUT2D eigenvalue weighted by molar-refractivity contribution is 0.0929. The van der Waals surface area contributed by atoms with Crippen LogP contribution in [0.15, 0.2) is 24.3 Å². The second kappa shape index (κ2) is 8.05. The molecule has 1 heterocycles. The maximum atomic E-state index is 13.9. The smallest absolute Gasteiger partial charge is 0.261 e. The van der Waals surface area contributed by atoms with Crippen LogP contribution in [-0.2, 0) is 0 Å². The number of amides is 1. The topological polar surface area (TPSA) is 29.1 Å². The van der Waals surface area contributed by atoms with Crippen molar-refractivity contribution in [1.29, 1.82) is 0 Å². The largest absolute Gasteiger partial charge is 0.348 e. The van der Waals surface area contributed by atoms with Crippen molar-refractivity contribution in [3.63, 3.8) is 0 Å². The predicted molar refractivity (Wildman–Crippen MR) is 106 cm³/mol. The summed E-state index contributed by atoms with van der Waals surface area (Å²) in [6.45, 7) is 11.9. The van der Waals surface area contributed by atoms with E-state index in [-0.39, 0.29) is 22.1 Å². The number of hydrogen-bond donors (Lipinski definition) is 1. The number of thiophene rings is 1. The van der Waals surface area contributed by atoms with Crippen molar-refractivity contribution in [2.24, 2.45) is 5.41 Å². The Morgan fingerprint density at radius 1 is 1.42 bits per heavy atom. The molecular formula is C20H24ClF2NOS. The number of halogens is 3. The van der Waals surface area contributed by atoms with Gasteiger partial charge in [-0.2, -0.15) is 0 Å². The number of carbonyl (C=O) groups excluding carboxylic acids is 1. The van der Waals surface area contributed by atoms with Gasteiger partial charge in [0.2, 0.25) is 0 Å². The van der Waals surface area contributed by atoms with Gasteiger partial charge in [-0.25, -0.2) is 8.78 Å². The minimum Gasteiger partial charge on any atom is -0.348 e. The zero-order valence-electron chi connectivity index (χ0n) is 15.5. The molecule has 0 aliphatic heterocycles. The minimum atomic E-state index is -0.815. The average molecular weight is 400 g/mol. The van der Waals surface area contributed by atoms with Crippen molar-refractivity contribution in [2.45, 2.75) is 53.0 Å². The molecule has 0 saturated heterocycles. The Bertz CT molecular complexity index is 842. The lowest BCUT2D eigenvalue weighted by Crippen LogP contribution is -2.37. The molecule has 1 amide bonds. The van der Waals surface area contributed by atoms with E-state index in [9.17, 15) is 13.6 Å². The first-order valence-corrected chi connectivity index (χ1v) is 9.80. The van der Waals surface area contributed by atoms with Crippen molar-refractivity contribution in [3.05, 3.63) is 45.8 Å². The second-order valence-corrected chi connectivity index (χ2v) is 8.61. The van der Waals surface area contributed by atoms with Crippen molar-refractivity contribution >= 4 is 38.9 Å². The number of hydrogen-bond acceptors (Lipinski definition) is 2. The molecule has 0 radical (unpaired) electrons. The fourth-order valence-corrected chi connectivity index (χ4v) is 3.46. The Hall–Kier alpha value is -1.46. The van der Waals surface area contributed by atoms with Gasteiger partial charge in [-0.15, -0.1) is 17.9 Å². The molecule has 26 heavy (non-hydrogen) atoms. The van der Waals surface area contributed by atoms with E-state index in [1.165, 1.54) is 11.6 Å². The van der Waals surface area contributed by atoms with Crippen molar-refractivity contribution in [1.82, 2.24) is 5.32 Å². The Morgan fingerprint density at radius 2 is 2.00 bits per heavy atom. The molecule has 2 nitrogen and oxygen atoms in total. The zero-order chi connectivity index (χ0) is 19.6. The molecule has 0 spiro atoms. The van der Waals surface area contributed by atoms with Gasteiger partial charge < -0.3 is 5.32 Å². The molecule has 1 aromatic heterocycles. The van der Waals surface area contributed by atoms with E-state index in [1.54, 1.807) is 0 Å². The summed E-state index contributed by atoms with van der Waals surface area (Å²) in [6.07, 6.45) is 3.30. The van der Waals surface area contributed by atoms with Gasteiger partial charge in [0, 0.05) is 6.04 Å². The monoisotopic (exact) mass is 399 g/mol. The van der Waals surface area contributed by atoms with E-state index in [0.717, 1.165) is 36.7 Å². The molecule has 1 saturated carbocycles. The molecule has 6 heteroatoms. The van der Waals surface area contributed by atoms with Gasteiger partial charge in [0.25, 0.3) is 5.91 Å². The highest BCUT2D eigenvalue weighted by Crippen LogP contribution is 2.48. The standard InChI is InChI=1S/C15H14ClF2NOS.C5H10/c1-7(15(2)3-4-15)19-14(20)10-6-8-5-9(17)11(16)12(18)13(8)21-10;1-4-5(2)3/h5-7H,3-4H2,1-2H3,(H,19,20);2,4H2,1,3H3. The van der Waals surface area contributed by atoms with Crippen LogP contribution < -0.4 is 5.32 Å². The molecule has 1 aliphatic rings. The highest BCUT2D eigenvalue weighted by molar-refractivity contribution is 7.20. The maximum absolute atomic E-state index is 13.9. The van der Waals surface area contributed by atoms with Gasteiger partial charge in [0.05, 0.1) is 9.58 Å². The van der Waals surface area contributed by atoms with Crippen molar-refractivity contribution in [3.8, 4) is 0 Å². The summed E-state index contributed by atoms with van der Waals surface area (Å²) in [5, 5.41) is 2.75. The van der Waals surface area contributed by atoms with E-state index in [1.807, 2.05) is 13.8 Å². The molecule has 1 aromatic carbocycles. The van der Waals surface area contributed by atoms with Gasteiger partial charge in [0.15, 0.2) is 5.82 Å². The van der Waals surface area contributed by atoms with Gasteiger partial charge >= 0.3 is 0 Å². The van der Waals surface area contributed by atoms with E-state index in [2.05, 4.69) is 25.7 Å². The molecule has 2 aromatic rings. The van der Waals surface area contributed by atoms with Gasteiger partial charge in [-0.05, 0) is 56.0 Å². The summed E-state index contributed by atoms with van der Waals surface area (Å²) in [5.41, 5.74) is 1.41. The van der Waals surface area contributed by atoms with Crippen LogP contribution in [0.5, 0.6) is 0 Å². The van der Waals surface area contributed by atoms with E-state index in [0.29, 0.717) is 10.3 Å². The lowest BCUT2D eigenvalue weighted by atomic mass is 10.0. The van der Waals surface area contributed by atoms with Gasteiger partial charge in [-0.1, -0.05) is 31.0 Å². The first-order chi connectivity index (χ1) is 12.1. The molecule has 1 fully saturated rings. The van der Waals surface area contributed by atoms with E-state index >= 15 is 0 Å². The first-order valence-electron chi connectivity index (χ1n) is 8.61. The number of nitrogens with one attached hydrogen (secondary N) is 1. The van der Waals surface area contributed by atoms with Crippen LogP contribution in [-0.4, -0.2) is 11.9 Å². The minimum absolute atomic E-state index is 0.0559. The zero-order valence-corrected chi connectivity index (χ0v) is 17.1.